The Balaban J connectivity index is 2.51. The van der Waals surface area contributed by atoms with Crippen LogP contribution in [0.25, 0.3) is 0 Å². The van der Waals surface area contributed by atoms with Gasteiger partial charge in [0.2, 0.25) is 0 Å². The molecule has 87 valence electrons. The fourth-order valence-electron chi connectivity index (χ4n) is 1.76. The standard InChI is InChI=1S/C14H10Cl3/c1-9(10-5-2-3-6-11(10)15)14-12(16)7-4-8-13(14)17/h2-8H,1H3. The van der Waals surface area contributed by atoms with Crippen LogP contribution in [-0.4, -0.2) is 0 Å². The lowest BCUT2D eigenvalue weighted by atomic mass is 9.93. The van der Waals surface area contributed by atoms with Crippen molar-refractivity contribution in [3.8, 4) is 0 Å². The van der Waals surface area contributed by atoms with Crippen molar-refractivity contribution in [2.45, 2.75) is 6.92 Å². The van der Waals surface area contributed by atoms with Gasteiger partial charge in [-0.1, -0.05) is 66.0 Å². The molecule has 0 aliphatic carbocycles. The number of hydrogen-bond acceptors (Lipinski definition) is 0. The topological polar surface area (TPSA) is 0 Å². The zero-order valence-electron chi connectivity index (χ0n) is 9.18. The fourth-order valence-corrected chi connectivity index (χ4v) is 2.71. The monoisotopic (exact) mass is 283 g/mol. The van der Waals surface area contributed by atoms with E-state index in [9.17, 15) is 0 Å². The van der Waals surface area contributed by atoms with E-state index >= 15 is 0 Å². The fraction of sp³-hybridized carbons (Fsp3) is 0.0714. The second kappa shape index (κ2) is 5.30. The highest BCUT2D eigenvalue weighted by atomic mass is 35.5. The average molecular weight is 285 g/mol. The maximum absolute atomic E-state index is 6.18. The molecule has 0 spiro atoms. The molecule has 2 rings (SSSR count). The van der Waals surface area contributed by atoms with E-state index in [1.807, 2.05) is 49.4 Å². The van der Waals surface area contributed by atoms with Crippen LogP contribution < -0.4 is 0 Å². The van der Waals surface area contributed by atoms with Crippen LogP contribution in [0.15, 0.2) is 42.5 Å². The van der Waals surface area contributed by atoms with E-state index in [1.54, 1.807) is 0 Å². The first-order valence-electron chi connectivity index (χ1n) is 5.14. The molecule has 0 heterocycles. The van der Waals surface area contributed by atoms with Gasteiger partial charge in [0.1, 0.15) is 0 Å². The molecule has 0 bridgehead atoms. The Morgan fingerprint density at radius 1 is 0.765 bits per heavy atom. The van der Waals surface area contributed by atoms with Crippen molar-refractivity contribution in [2.24, 2.45) is 0 Å². The summed E-state index contributed by atoms with van der Waals surface area (Å²) in [5.74, 6) is 0.978. The minimum Gasteiger partial charge on any atom is -0.0840 e. The lowest BCUT2D eigenvalue weighted by Crippen LogP contribution is -2.00. The summed E-state index contributed by atoms with van der Waals surface area (Å²) in [5, 5.41) is 1.96. The highest BCUT2D eigenvalue weighted by Crippen LogP contribution is 2.36. The molecule has 0 aliphatic heterocycles. The summed E-state index contributed by atoms with van der Waals surface area (Å²) in [7, 11) is 0. The Morgan fingerprint density at radius 3 is 1.88 bits per heavy atom. The van der Waals surface area contributed by atoms with Crippen molar-refractivity contribution >= 4 is 34.8 Å². The van der Waals surface area contributed by atoms with E-state index in [-0.39, 0.29) is 0 Å². The van der Waals surface area contributed by atoms with Gasteiger partial charge in [-0.05, 0) is 23.8 Å². The smallest absolute Gasteiger partial charge is 0.0462 e. The zero-order chi connectivity index (χ0) is 12.4. The molecule has 0 saturated heterocycles. The normalized spacial score (nSPS) is 10.9. The van der Waals surface area contributed by atoms with E-state index < -0.39 is 0 Å². The van der Waals surface area contributed by atoms with Crippen molar-refractivity contribution in [3.05, 3.63) is 74.6 Å². The van der Waals surface area contributed by atoms with Crippen LogP contribution in [0.4, 0.5) is 0 Å². The summed E-state index contributed by atoms with van der Waals surface area (Å²) >= 11 is 18.5. The molecule has 2 aromatic rings. The number of rotatable bonds is 2. The molecule has 0 N–H and O–H groups in total. The molecule has 0 nitrogen and oxygen atoms in total. The Morgan fingerprint density at radius 2 is 1.29 bits per heavy atom. The van der Waals surface area contributed by atoms with Crippen molar-refractivity contribution < 1.29 is 0 Å². The van der Waals surface area contributed by atoms with Crippen molar-refractivity contribution in [2.75, 3.05) is 0 Å². The second-order valence-electron chi connectivity index (χ2n) is 3.70. The van der Waals surface area contributed by atoms with Crippen LogP contribution in [0, 0.1) is 5.92 Å². The summed E-state index contributed by atoms with van der Waals surface area (Å²) in [6.07, 6.45) is 0. The number of halogens is 3. The molecule has 0 fully saturated rings. The van der Waals surface area contributed by atoms with Gasteiger partial charge in [0.15, 0.2) is 0 Å². The van der Waals surface area contributed by atoms with E-state index in [0.717, 1.165) is 17.0 Å². The Kier molecular flexibility index (Phi) is 3.98. The average Bonchev–Trinajstić information content (AvgIpc) is 2.29. The molecule has 0 amide bonds. The van der Waals surface area contributed by atoms with Gasteiger partial charge in [0.05, 0.1) is 0 Å². The van der Waals surface area contributed by atoms with Crippen LogP contribution in [0.2, 0.25) is 15.1 Å². The molecule has 0 aromatic heterocycles. The molecular formula is C14H10Cl3. The van der Waals surface area contributed by atoms with Crippen LogP contribution >= 0.6 is 34.8 Å². The predicted octanol–water partition coefficient (Wildman–Crippen LogP) is 5.64. The Labute approximate surface area is 116 Å². The summed E-state index contributed by atoms with van der Waals surface area (Å²) in [5.41, 5.74) is 1.79. The van der Waals surface area contributed by atoms with Gasteiger partial charge in [-0.3, -0.25) is 0 Å². The van der Waals surface area contributed by atoms with Crippen LogP contribution in [-0.2, 0) is 0 Å². The summed E-state index contributed by atoms with van der Waals surface area (Å²) in [6.45, 7) is 1.97. The maximum Gasteiger partial charge on any atom is 0.0462 e. The third-order valence-electron chi connectivity index (χ3n) is 2.62. The van der Waals surface area contributed by atoms with Gasteiger partial charge in [0, 0.05) is 26.5 Å². The minimum absolute atomic E-state index is 0.634. The van der Waals surface area contributed by atoms with Gasteiger partial charge in [-0.15, -0.1) is 0 Å². The summed E-state index contributed by atoms with van der Waals surface area (Å²) in [4.78, 5) is 0. The lowest BCUT2D eigenvalue weighted by Gasteiger charge is -2.16. The highest BCUT2D eigenvalue weighted by Gasteiger charge is 2.17. The Hall–Kier alpha value is -0.690. The van der Waals surface area contributed by atoms with E-state index in [1.165, 1.54) is 0 Å². The SMILES string of the molecule is C[C](c1ccccc1Cl)c1c(Cl)cccc1Cl. The van der Waals surface area contributed by atoms with Gasteiger partial charge in [-0.25, -0.2) is 0 Å². The first kappa shape index (κ1) is 12.8. The van der Waals surface area contributed by atoms with E-state index in [0.29, 0.717) is 15.1 Å². The van der Waals surface area contributed by atoms with Crippen molar-refractivity contribution in [1.82, 2.24) is 0 Å². The number of hydrogen-bond donors (Lipinski definition) is 0. The molecule has 1 radical (unpaired) electrons. The first-order chi connectivity index (χ1) is 8.11. The summed E-state index contributed by atoms with van der Waals surface area (Å²) < 4.78 is 0. The van der Waals surface area contributed by atoms with Gasteiger partial charge in [-0.2, -0.15) is 0 Å². The summed E-state index contributed by atoms with van der Waals surface area (Å²) in [6, 6.07) is 13.1. The van der Waals surface area contributed by atoms with E-state index in [4.69, 9.17) is 34.8 Å². The molecule has 0 saturated carbocycles. The Bertz CT molecular complexity index is 514. The minimum atomic E-state index is 0.634. The first-order valence-corrected chi connectivity index (χ1v) is 6.27. The van der Waals surface area contributed by atoms with Crippen LogP contribution in [0.5, 0.6) is 0 Å². The van der Waals surface area contributed by atoms with Gasteiger partial charge >= 0.3 is 0 Å². The quantitative estimate of drug-likeness (QED) is 0.669. The van der Waals surface area contributed by atoms with Crippen LogP contribution in [0.1, 0.15) is 18.1 Å². The third kappa shape index (κ3) is 2.60. The molecule has 0 unspecified atom stereocenters. The van der Waals surface area contributed by atoms with Crippen molar-refractivity contribution in [3.63, 3.8) is 0 Å². The molecule has 17 heavy (non-hydrogen) atoms. The molecule has 0 aliphatic rings. The highest BCUT2D eigenvalue weighted by molar-refractivity contribution is 6.36. The predicted molar refractivity (Wildman–Crippen MR) is 75.0 cm³/mol. The zero-order valence-corrected chi connectivity index (χ0v) is 11.4. The maximum atomic E-state index is 6.18. The molecule has 0 atom stereocenters. The second-order valence-corrected chi connectivity index (χ2v) is 4.92. The van der Waals surface area contributed by atoms with E-state index in [2.05, 4.69) is 0 Å². The van der Waals surface area contributed by atoms with Crippen LogP contribution in [0.3, 0.4) is 0 Å². The lowest BCUT2D eigenvalue weighted by molar-refractivity contribution is 1.19. The third-order valence-corrected chi connectivity index (χ3v) is 3.58. The van der Waals surface area contributed by atoms with Gasteiger partial charge in [0.25, 0.3) is 0 Å². The van der Waals surface area contributed by atoms with Crippen molar-refractivity contribution in [1.29, 1.82) is 0 Å². The molecule has 3 heteroatoms. The number of benzene rings is 2. The molecule has 2 aromatic carbocycles. The molecular weight excluding hydrogens is 275 g/mol. The van der Waals surface area contributed by atoms with Gasteiger partial charge < -0.3 is 0 Å². The largest absolute Gasteiger partial charge is 0.0840 e.